The maximum Gasteiger partial charge on any atom is 0.344 e. The van der Waals surface area contributed by atoms with Crippen LogP contribution in [0.5, 0.6) is 0 Å². The quantitative estimate of drug-likeness (QED) is 0.387. The first kappa shape index (κ1) is 5.04. The average molecular weight is 115 g/mol. The molecule has 3 N–H and O–H groups in total. The van der Waals surface area contributed by atoms with Crippen molar-refractivity contribution < 1.29 is 9.63 Å². The van der Waals surface area contributed by atoms with Crippen molar-refractivity contribution in [1.29, 1.82) is 5.41 Å². The second-order valence-electron chi connectivity index (χ2n) is 1.32. The molecule has 0 aromatic carbocycles. The van der Waals surface area contributed by atoms with Crippen molar-refractivity contribution in [2.45, 2.75) is 0 Å². The lowest BCUT2D eigenvalue weighted by Gasteiger charge is -2.13. The smallest absolute Gasteiger partial charge is 0.293 e. The number of amides is 2. The van der Waals surface area contributed by atoms with Gasteiger partial charge in [-0.2, -0.15) is 0 Å². The molecule has 0 aliphatic carbocycles. The molecule has 1 aliphatic rings. The highest BCUT2D eigenvalue weighted by Crippen LogP contribution is 1.78. The summed E-state index contributed by atoms with van der Waals surface area (Å²) in [4.78, 5) is 14.6. The summed E-state index contributed by atoms with van der Waals surface area (Å²) in [7, 11) is 0. The molecule has 0 aromatic rings. The third kappa shape index (κ3) is 0.941. The first-order valence-corrected chi connectivity index (χ1v) is 2.05. The molecule has 0 radical (unpaired) electrons. The zero-order chi connectivity index (χ0) is 5.98. The molecule has 1 aliphatic heterocycles. The molecule has 0 unspecified atom stereocenters. The largest absolute Gasteiger partial charge is 0.344 e. The van der Waals surface area contributed by atoms with Crippen LogP contribution in [0.2, 0.25) is 0 Å². The van der Waals surface area contributed by atoms with Crippen molar-refractivity contribution >= 4 is 11.9 Å². The van der Waals surface area contributed by atoms with Crippen LogP contribution in [-0.4, -0.2) is 18.5 Å². The molecule has 5 heteroatoms. The Bertz CT molecular complexity index is 118. The molecule has 0 spiro atoms. The Morgan fingerprint density at radius 2 is 2.50 bits per heavy atom. The van der Waals surface area contributed by atoms with Crippen molar-refractivity contribution in [3.05, 3.63) is 0 Å². The predicted octanol–water partition coefficient (Wildman–Crippen LogP) is -0.792. The Balaban J connectivity index is 2.45. The Morgan fingerprint density at radius 1 is 1.75 bits per heavy atom. The van der Waals surface area contributed by atoms with E-state index in [1.54, 1.807) is 0 Å². The maximum atomic E-state index is 10.2. The molecule has 1 saturated heterocycles. The third-order valence-corrected chi connectivity index (χ3v) is 0.646. The summed E-state index contributed by atoms with van der Waals surface area (Å²) in [5.41, 5.74) is 2.02. The van der Waals surface area contributed by atoms with E-state index in [-0.39, 0.29) is 12.4 Å². The van der Waals surface area contributed by atoms with E-state index in [1.807, 2.05) is 5.48 Å². The summed E-state index contributed by atoms with van der Waals surface area (Å²) in [5.74, 6) is 0.0775. The summed E-state index contributed by atoms with van der Waals surface area (Å²) in [5, 5.41) is 9.01. The van der Waals surface area contributed by atoms with Gasteiger partial charge in [-0.3, -0.25) is 15.6 Å². The lowest BCUT2D eigenvalue weighted by Crippen LogP contribution is -2.47. The van der Waals surface area contributed by atoms with Crippen LogP contribution in [0.3, 0.4) is 0 Å². The van der Waals surface area contributed by atoms with Crippen molar-refractivity contribution in [3.63, 3.8) is 0 Å². The molecule has 0 saturated carbocycles. The molecule has 5 nitrogen and oxygen atoms in total. The Morgan fingerprint density at radius 3 is 2.88 bits per heavy atom. The van der Waals surface area contributed by atoms with E-state index < -0.39 is 6.03 Å². The monoisotopic (exact) mass is 115 g/mol. The fourth-order valence-electron chi connectivity index (χ4n) is 0.372. The van der Waals surface area contributed by atoms with Crippen LogP contribution < -0.4 is 10.8 Å². The third-order valence-electron chi connectivity index (χ3n) is 0.646. The highest BCUT2D eigenvalue weighted by molar-refractivity contribution is 5.97. The second kappa shape index (κ2) is 1.79. The lowest BCUT2D eigenvalue weighted by molar-refractivity contribution is 0.0783. The maximum absolute atomic E-state index is 10.2. The van der Waals surface area contributed by atoms with Crippen LogP contribution in [0.25, 0.3) is 0 Å². The number of rotatable bonds is 0. The van der Waals surface area contributed by atoms with Crippen molar-refractivity contribution in [1.82, 2.24) is 10.8 Å². The zero-order valence-corrected chi connectivity index (χ0v) is 4.02. The summed E-state index contributed by atoms with van der Waals surface area (Å²) >= 11 is 0. The van der Waals surface area contributed by atoms with Crippen LogP contribution in [0.4, 0.5) is 4.79 Å². The first-order valence-electron chi connectivity index (χ1n) is 2.05. The highest BCUT2D eigenvalue weighted by Gasteiger charge is 2.09. The molecule has 44 valence electrons. The number of nitrogens with one attached hydrogen (secondary N) is 3. The van der Waals surface area contributed by atoms with Crippen LogP contribution in [0.1, 0.15) is 0 Å². The minimum absolute atomic E-state index is 0.0775. The predicted molar refractivity (Wildman–Crippen MR) is 25.3 cm³/mol. The van der Waals surface area contributed by atoms with E-state index in [9.17, 15) is 4.79 Å². The zero-order valence-electron chi connectivity index (χ0n) is 4.02. The number of carbonyl (C=O) groups is 1. The molecule has 1 fully saturated rings. The molecule has 0 atom stereocenters. The van der Waals surface area contributed by atoms with Gasteiger partial charge in [0.1, 0.15) is 12.4 Å². The van der Waals surface area contributed by atoms with Gasteiger partial charge in [0, 0.05) is 0 Å². The summed E-state index contributed by atoms with van der Waals surface area (Å²) in [6.07, 6.45) is 0. The number of carbonyl (C=O) groups excluding carboxylic acids is 1. The van der Waals surface area contributed by atoms with E-state index in [2.05, 4.69) is 10.2 Å². The number of amidine groups is 1. The summed E-state index contributed by atoms with van der Waals surface area (Å²) < 4.78 is 0. The van der Waals surface area contributed by atoms with Crippen LogP contribution >= 0.6 is 0 Å². The van der Waals surface area contributed by atoms with Crippen molar-refractivity contribution in [2.24, 2.45) is 0 Å². The summed E-state index contributed by atoms with van der Waals surface area (Å²) in [6.45, 7) is 0.117. The number of hydrogen-bond donors (Lipinski definition) is 3. The first-order chi connectivity index (χ1) is 3.79. The molecular weight excluding hydrogens is 110 g/mol. The van der Waals surface area contributed by atoms with Gasteiger partial charge in [0.05, 0.1) is 0 Å². The number of hydroxylamine groups is 1. The van der Waals surface area contributed by atoms with Gasteiger partial charge in [0.15, 0.2) is 0 Å². The van der Waals surface area contributed by atoms with Crippen molar-refractivity contribution in [2.75, 3.05) is 6.61 Å². The summed E-state index contributed by atoms with van der Waals surface area (Å²) in [6, 6.07) is -0.485. The van der Waals surface area contributed by atoms with Gasteiger partial charge in [-0.15, -0.1) is 0 Å². The Kier molecular flexibility index (Phi) is 1.13. The molecule has 1 heterocycles. The van der Waals surface area contributed by atoms with Crippen LogP contribution in [-0.2, 0) is 4.84 Å². The standard InChI is InChI=1S/C3H5N3O2/c4-2-1-8-6-3(7)5-2/h1H2,(H3,4,5,6,7). The fourth-order valence-corrected chi connectivity index (χ4v) is 0.372. The fraction of sp³-hybridized carbons (Fsp3) is 0.333. The van der Waals surface area contributed by atoms with Gasteiger partial charge in [-0.1, -0.05) is 0 Å². The number of hydrogen-bond acceptors (Lipinski definition) is 3. The highest BCUT2D eigenvalue weighted by atomic mass is 16.7. The van der Waals surface area contributed by atoms with E-state index in [0.29, 0.717) is 0 Å². The van der Waals surface area contributed by atoms with Gasteiger partial charge >= 0.3 is 6.03 Å². The van der Waals surface area contributed by atoms with Crippen LogP contribution in [0.15, 0.2) is 0 Å². The van der Waals surface area contributed by atoms with Gasteiger partial charge in [-0.05, 0) is 0 Å². The molecule has 2 amide bonds. The van der Waals surface area contributed by atoms with E-state index in [0.717, 1.165) is 0 Å². The molecule has 1 rings (SSSR count). The topological polar surface area (TPSA) is 74.2 Å². The molecule has 0 bridgehead atoms. The minimum Gasteiger partial charge on any atom is -0.293 e. The molecule has 0 aromatic heterocycles. The van der Waals surface area contributed by atoms with Crippen LogP contribution in [0, 0.1) is 5.41 Å². The van der Waals surface area contributed by atoms with Crippen molar-refractivity contribution in [3.8, 4) is 0 Å². The lowest BCUT2D eigenvalue weighted by atomic mass is 10.6. The van der Waals surface area contributed by atoms with Gasteiger partial charge in [0.2, 0.25) is 0 Å². The van der Waals surface area contributed by atoms with E-state index in [4.69, 9.17) is 5.41 Å². The Labute approximate surface area is 45.5 Å². The Hall–Kier alpha value is -1.10. The second-order valence-corrected chi connectivity index (χ2v) is 1.32. The normalized spacial score (nSPS) is 19.5. The molecule has 8 heavy (non-hydrogen) atoms. The minimum atomic E-state index is -0.485. The van der Waals surface area contributed by atoms with E-state index in [1.165, 1.54) is 0 Å². The van der Waals surface area contributed by atoms with Gasteiger partial charge < -0.3 is 0 Å². The van der Waals surface area contributed by atoms with E-state index >= 15 is 0 Å². The number of urea groups is 1. The average Bonchev–Trinajstić information content (AvgIpc) is 1.64. The SMILES string of the molecule is N=C1CONC(=O)N1. The van der Waals surface area contributed by atoms with Gasteiger partial charge in [0.25, 0.3) is 0 Å². The van der Waals surface area contributed by atoms with Gasteiger partial charge in [-0.25, -0.2) is 10.3 Å². The molecular formula is C3H5N3O2.